The molecule has 1 N–H and O–H groups in total. The molecule has 2 heterocycles. The Morgan fingerprint density at radius 2 is 1.87 bits per heavy atom. The lowest BCUT2D eigenvalue weighted by atomic mass is 9.79. The zero-order chi connectivity index (χ0) is 20.5. The molecule has 30 heavy (non-hydrogen) atoms. The average molecular weight is 425 g/mol. The standard InChI is InChI=1S/C25H29ClN2O2/c26-20-10-4-5-11-21(20)27-25(29)30-24-16-18-15-19(24)22-12-6-7-13-28(22)23(18)14-17-8-2-1-3-9-17/h1-5,8-11,18-19,22-24H,6-7,12-16H2,(H,27,29)/t18?,19?,22-,23+,24?/m1/s1. The molecule has 5 heteroatoms. The summed E-state index contributed by atoms with van der Waals surface area (Å²) in [6, 6.07) is 19.2. The number of piperidine rings is 2. The number of halogens is 1. The summed E-state index contributed by atoms with van der Waals surface area (Å²) in [5, 5.41) is 3.36. The summed E-state index contributed by atoms with van der Waals surface area (Å²) in [7, 11) is 0. The highest BCUT2D eigenvalue weighted by atomic mass is 35.5. The van der Waals surface area contributed by atoms with Crippen LogP contribution in [0.4, 0.5) is 10.5 Å². The number of ether oxygens (including phenoxy) is 1. The van der Waals surface area contributed by atoms with Crippen molar-refractivity contribution >= 4 is 23.4 Å². The Bertz CT molecular complexity index is 890. The van der Waals surface area contributed by atoms with Crippen molar-refractivity contribution in [2.24, 2.45) is 11.8 Å². The second-order valence-electron chi connectivity index (χ2n) is 9.00. The number of fused-ring (bicyclic) bond motifs is 4. The van der Waals surface area contributed by atoms with E-state index < -0.39 is 0 Å². The van der Waals surface area contributed by atoms with Crippen LogP contribution in [0.25, 0.3) is 0 Å². The Kier molecular flexibility index (Phi) is 5.70. The molecule has 2 aromatic carbocycles. The molecule has 1 saturated carbocycles. The number of amides is 1. The van der Waals surface area contributed by atoms with Gasteiger partial charge in [0.25, 0.3) is 0 Å². The predicted molar refractivity (Wildman–Crippen MR) is 120 cm³/mol. The molecule has 1 amide bonds. The lowest BCUT2D eigenvalue weighted by Crippen LogP contribution is -2.55. The molecule has 3 aliphatic rings. The zero-order valence-corrected chi connectivity index (χ0v) is 17.9. The van der Waals surface area contributed by atoms with E-state index >= 15 is 0 Å². The van der Waals surface area contributed by atoms with Crippen molar-refractivity contribution in [1.29, 1.82) is 0 Å². The van der Waals surface area contributed by atoms with Crippen molar-refractivity contribution in [2.75, 3.05) is 11.9 Å². The maximum atomic E-state index is 12.6. The molecule has 0 spiro atoms. The van der Waals surface area contributed by atoms with Crippen molar-refractivity contribution in [1.82, 2.24) is 4.90 Å². The van der Waals surface area contributed by atoms with Crippen LogP contribution in [0.5, 0.6) is 0 Å². The minimum Gasteiger partial charge on any atom is -0.446 e. The van der Waals surface area contributed by atoms with Crippen LogP contribution in [0.1, 0.15) is 37.7 Å². The molecule has 0 radical (unpaired) electrons. The second-order valence-corrected chi connectivity index (χ2v) is 9.41. The van der Waals surface area contributed by atoms with Crippen LogP contribution in [0.3, 0.4) is 0 Å². The minimum absolute atomic E-state index is 0.0103. The number of hydrogen-bond donors (Lipinski definition) is 1. The number of anilines is 1. The summed E-state index contributed by atoms with van der Waals surface area (Å²) in [5.74, 6) is 1.03. The number of nitrogens with one attached hydrogen (secondary N) is 1. The van der Waals surface area contributed by atoms with E-state index in [1.165, 1.54) is 37.8 Å². The van der Waals surface area contributed by atoms with Gasteiger partial charge in [0.15, 0.2) is 0 Å². The summed E-state index contributed by atoms with van der Waals surface area (Å²) in [5.41, 5.74) is 2.01. The van der Waals surface area contributed by atoms with Crippen molar-refractivity contribution < 1.29 is 9.53 Å². The Morgan fingerprint density at radius 3 is 2.70 bits per heavy atom. The Balaban J connectivity index is 1.31. The van der Waals surface area contributed by atoms with Crippen LogP contribution in [-0.2, 0) is 11.2 Å². The molecule has 3 unspecified atom stereocenters. The number of hydrogen-bond acceptors (Lipinski definition) is 3. The Hall–Kier alpha value is -2.04. The van der Waals surface area contributed by atoms with Crippen LogP contribution < -0.4 is 5.32 Å². The van der Waals surface area contributed by atoms with E-state index in [-0.39, 0.29) is 12.2 Å². The van der Waals surface area contributed by atoms with Crippen molar-refractivity contribution in [3.05, 3.63) is 65.2 Å². The van der Waals surface area contributed by atoms with Gasteiger partial charge >= 0.3 is 6.09 Å². The van der Waals surface area contributed by atoms with E-state index in [1.54, 1.807) is 12.1 Å². The highest BCUT2D eigenvalue weighted by Gasteiger charge is 2.52. The third-order valence-corrected chi connectivity index (χ3v) is 7.63. The highest BCUT2D eigenvalue weighted by Crippen LogP contribution is 2.49. The molecule has 1 aliphatic carbocycles. The first kappa shape index (κ1) is 19.9. The fraction of sp³-hybridized carbons (Fsp3) is 0.480. The molecule has 4 nitrogen and oxygen atoms in total. The van der Waals surface area contributed by atoms with Gasteiger partial charge in [-0.1, -0.05) is 60.5 Å². The van der Waals surface area contributed by atoms with Crippen LogP contribution in [0, 0.1) is 11.8 Å². The van der Waals surface area contributed by atoms with Gasteiger partial charge in [0.05, 0.1) is 10.7 Å². The van der Waals surface area contributed by atoms with Crippen molar-refractivity contribution in [2.45, 2.75) is 56.7 Å². The SMILES string of the molecule is O=C(Nc1ccccc1Cl)OC1CC2CC1[C@H]1CCCCN1[C@H]2Cc1ccccc1. The minimum atomic E-state index is -0.386. The van der Waals surface area contributed by atoms with Gasteiger partial charge in [0, 0.05) is 18.0 Å². The van der Waals surface area contributed by atoms with Gasteiger partial charge in [-0.15, -0.1) is 0 Å². The molecule has 3 fully saturated rings. The highest BCUT2D eigenvalue weighted by molar-refractivity contribution is 6.33. The fourth-order valence-electron chi connectivity index (χ4n) is 6.03. The van der Waals surface area contributed by atoms with Crippen LogP contribution in [0.2, 0.25) is 5.02 Å². The van der Waals surface area contributed by atoms with Gasteiger partial charge in [0.1, 0.15) is 6.10 Å². The lowest BCUT2D eigenvalue weighted by molar-refractivity contribution is -0.0144. The zero-order valence-electron chi connectivity index (χ0n) is 17.2. The van der Waals surface area contributed by atoms with Crippen molar-refractivity contribution in [3.8, 4) is 0 Å². The number of benzene rings is 2. The number of rotatable bonds is 4. The number of para-hydroxylation sites is 1. The van der Waals surface area contributed by atoms with Crippen LogP contribution >= 0.6 is 11.6 Å². The van der Waals surface area contributed by atoms with E-state index in [1.807, 2.05) is 12.1 Å². The van der Waals surface area contributed by atoms with Crippen molar-refractivity contribution in [3.63, 3.8) is 0 Å². The molecule has 0 aromatic heterocycles. The Labute approximate surface area is 183 Å². The quantitative estimate of drug-likeness (QED) is 0.678. The molecule has 5 atom stereocenters. The first-order chi connectivity index (χ1) is 14.7. The summed E-state index contributed by atoms with van der Waals surface area (Å²) in [6.45, 7) is 1.17. The van der Waals surface area contributed by atoms with Gasteiger partial charge in [0.2, 0.25) is 0 Å². The van der Waals surface area contributed by atoms with E-state index in [2.05, 4.69) is 40.5 Å². The molecular weight excluding hydrogens is 396 g/mol. The van der Waals surface area contributed by atoms with Gasteiger partial charge in [-0.3, -0.25) is 10.2 Å². The monoisotopic (exact) mass is 424 g/mol. The normalized spacial score (nSPS) is 30.5. The summed E-state index contributed by atoms with van der Waals surface area (Å²) < 4.78 is 6.00. The third kappa shape index (κ3) is 3.95. The molecule has 2 aliphatic heterocycles. The van der Waals surface area contributed by atoms with Gasteiger partial charge in [-0.05, 0) is 62.3 Å². The molecule has 2 saturated heterocycles. The molecule has 158 valence electrons. The fourth-order valence-corrected chi connectivity index (χ4v) is 6.21. The first-order valence-electron chi connectivity index (χ1n) is 11.2. The molecular formula is C25H29ClN2O2. The lowest BCUT2D eigenvalue weighted by Gasteiger charge is -2.49. The van der Waals surface area contributed by atoms with Crippen LogP contribution in [0.15, 0.2) is 54.6 Å². The van der Waals surface area contributed by atoms with Gasteiger partial charge in [-0.2, -0.15) is 0 Å². The number of carbonyl (C=O) groups is 1. The maximum absolute atomic E-state index is 12.6. The van der Waals surface area contributed by atoms with Crippen LogP contribution in [-0.4, -0.2) is 35.7 Å². The van der Waals surface area contributed by atoms with E-state index in [4.69, 9.17) is 16.3 Å². The van der Waals surface area contributed by atoms with E-state index in [9.17, 15) is 4.79 Å². The van der Waals surface area contributed by atoms with E-state index in [0.717, 1.165) is 12.8 Å². The van der Waals surface area contributed by atoms with Gasteiger partial charge < -0.3 is 4.74 Å². The summed E-state index contributed by atoms with van der Waals surface area (Å²) in [4.78, 5) is 15.4. The first-order valence-corrected chi connectivity index (χ1v) is 11.6. The molecule has 2 bridgehead atoms. The third-order valence-electron chi connectivity index (χ3n) is 7.30. The largest absolute Gasteiger partial charge is 0.446 e. The predicted octanol–water partition coefficient (Wildman–Crippen LogP) is 5.76. The summed E-state index contributed by atoms with van der Waals surface area (Å²) in [6.07, 6.45) is 6.60. The average Bonchev–Trinajstić information content (AvgIpc) is 3.13. The molecule has 2 aromatic rings. The Morgan fingerprint density at radius 1 is 1.07 bits per heavy atom. The number of carbonyl (C=O) groups excluding carboxylic acids is 1. The summed E-state index contributed by atoms with van der Waals surface area (Å²) >= 11 is 6.18. The number of nitrogens with zero attached hydrogens (tertiary/aromatic N) is 1. The second kappa shape index (κ2) is 8.60. The molecule has 5 rings (SSSR count). The van der Waals surface area contributed by atoms with Gasteiger partial charge in [-0.25, -0.2) is 4.79 Å². The van der Waals surface area contributed by atoms with E-state index in [0.29, 0.717) is 34.6 Å². The topological polar surface area (TPSA) is 41.6 Å². The smallest absolute Gasteiger partial charge is 0.411 e. The maximum Gasteiger partial charge on any atom is 0.411 e.